The van der Waals surface area contributed by atoms with Crippen LogP contribution in [0.1, 0.15) is 17.1 Å². The van der Waals surface area contributed by atoms with Gasteiger partial charge in [0.25, 0.3) is 5.91 Å². The molecule has 170 valence electrons. The number of sulfonamides is 1. The molecule has 0 unspecified atom stereocenters. The van der Waals surface area contributed by atoms with Crippen LogP contribution in [0.3, 0.4) is 0 Å². The van der Waals surface area contributed by atoms with Gasteiger partial charge < -0.3 is 9.73 Å². The van der Waals surface area contributed by atoms with Crippen molar-refractivity contribution in [2.45, 2.75) is 18.0 Å². The number of amides is 1. The molecular weight excluding hydrogens is 485 g/mol. The quantitative estimate of drug-likeness (QED) is 0.356. The molecule has 0 fully saturated rings. The molecule has 0 aliphatic rings. The van der Waals surface area contributed by atoms with Crippen LogP contribution in [0.15, 0.2) is 75.5 Å². The maximum absolute atomic E-state index is 13.4. The number of rotatable bonds is 8. The molecule has 1 N–H and O–H groups in total. The number of hydrogen-bond donors (Lipinski definition) is 1. The maximum atomic E-state index is 13.4. The summed E-state index contributed by atoms with van der Waals surface area (Å²) in [6.07, 6.45) is 1.29. The third-order valence-corrected chi connectivity index (χ3v) is 6.93. The topological polar surface area (TPSA) is 103 Å². The zero-order chi connectivity index (χ0) is 24.0. The fourth-order valence-electron chi connectivity index (χ4n) is 2.93. The van der Waals surface area contributed by atoms with E-state index in [2.05, 4.69) is 5.32 Å². The molecule has 2 aromatic carbocycles. The second kappa shape index (κ2) is 10.7. The summed E-state index contributed by atoms with van der Waals surface area (Å²) in [6, 6.07) is 17.7. The van der Waals surface area contributed by atoms with E-state index >= 15 is 0 Å². The molecule has 1 aromatic heterocycles. The SMILES string of the molecule is CNC(=O)/C(C#N)=C\c1ccc(CN(Cc2ccc(Cl)cc2)S(=O)(=O)c2ccc(Cl)cc2)o1. The first-order valence-corrected chi connectivity index (χ1v) is 11.9. The first-order valence-electron chi connectivity index (χ1n) is 9.65. The van der Waals surface area contributed by atoms with E-state index in [9.17, 15) is 13.2 Å². The average molecular weight is 504 g/mol. The summed E-state index contributed by atoms with van der Waals surface area (Å²) in [6.45, 7) is -0.0149. The number of likely N-dealkylation sites (N-methyl/N-ethyl adjacent to an activating group) is 1. The van der Waals surface area contributed by atoms with E-state index in [0.717, 1.165) is 5.56 Å². The van der Waals surface area contributed by atoms with Crippen molar-refractivity contribution in [2.75, 3.05) is 7.05 Å². The molecule has 0 aliphatic heterocycles. The number of hydrogen-bond acceptors (Lipinski definition) is 5. The minimum Gasteiger partial charge on any atom is -0.460 e. The van der Waals surface area contributed by atoms with Gasteiger partial charge in [0, 0.05) is 29.7 Å². The second-order valence-electron chi connectivity index (χ2n) is 6.91. The van der Waals surface area contributed by atoms with Crippen LogP contribution in [0.2, 0.25) is 10.0 Å². The number of halogens is 2. The van der Waals surface area contributed by atoms with Gasteiger partial charge in [-0.25, -0.2) is 8.42 Å². The fourth-order valence-corrected chi connectivity index (χ4v) is 4.58. The number of carbonyl (C=O) groups excluding carboxylic acids is 1. The lowest BCUT2D eigenvalue weighted by Crippen LogP contribution is -2.30. The van der Waals surface area contributed by atoms with E-state index in [1.165, 1.54) is 41.7 Å². The molecule has 0 saturated carbocycles. The summed E-state index contributed by atoms with van der Waals surface area (Å²) >= 11 is 11.9. The number of furan rings is 1. The summed E-state index contributed by atoms with van der Waals surface area (Å²) in [7, 11) is -2.50. The van der Waals surface area contributed by atoms with Crippen molar-refractivity contribution in [3.8, 4) is 6.07 Å². The van der Waals surface area contributed by atoms with Gasteiger partial charge in [0.15, 0.2) is 0 Å². The van der Waals surface area contributed by atoms with E-state index in [4.69, 9.17) is 32.9 Å². The third-order valence-electron chi connectivity index (χ3n) is 4.62. The van der Waals surface area contributed by atoms with Crippen molar-refractivity contribution in [1.29, 1.82) is 5.26 Å². The van der Waals surface area contributed by atoms with Gasteiger partial charge in [-0.2, -0.15) is 9.57 Å². The smallest absolute Gasteiger partial charge is 0.261 e. The predicted octanol–water partition coefficient (Wildman–Crippen LogP) is 4.63. The number of nitriles is 1. The Labute approximate surface area is 201 Å². The Morgan fingerprint density at radius 3 is 2.21 bits per heavy atom. The molecule has 1 amide bonds. The van der Waals surface area contributed by atoms with Gasteiger partial charge in [-0.05, 0) is 54.1 Å². The molecular formula is C23H19Cl2N3O4S. The molecule has 0 aliphatic carbocycles. The fraction of sp³-hybridized carbons (Fsp3) is 0.130. The summed E-state index contributed by atoms with van der Waals surface area (Å²) < 4.78 is 33.7. The molecule has 3 aromatic rings. The van der Waals surface area contributed by atoms with E-state index in [-0.39, 0.29) is 29.3 Å². The van der Waals surface area contributed by atoms with Crippen molar-refractivity contribution in [3.05, 3.63) is 93.4 Å². The summed E-state index contributed by atoms with van der Waals surface area (Å²) in [4.78, 5) is 11.8. The molecule has 0 radical (unpaired) electrons. The Morgan fingerprint density at radius 1 is 1.03 bits per heavy atom. The van der Waals surface area contributed by atoms with Crippen molar-refractivity contribution < 1.29 is 17.6 Å². The number of carbonyl (C=O) groups is 1. The van der Waals surface area contributed by atoms with Crippen molar-refractivity contribution in [3.63, 3.8) is 0 Å². The van der Waals surface area contributed by atoms with E-state index < -0.39 is 15.9 Å². The molecule has 0 spiro atoms. The lowest BCUT2D eigenvalue weighted by Gasteiger charge is -2.21. The minimum atomic E-state index is -3.91. The highest BCUT2D eigenvalue weighted by molar-refractivity contribution is 7.89. The first kappa shape index (κ1) is 24.6. The molecule has 0 bridgehead atoms. The van der Waals surface area contributed by atoms with Gasteiger partial charge in [-0.3, -0.25) is 4.79 Å². The van der Waals surface area contributed by atoms with Crippen molar-refractivity contribution in [1.82, 2.24) is 9.62 Å². The first-order chi connectivity index (χ1) is 15.7. The molecule has 0 saturated heterocycles. The summed E-state index contributed by atoms with van der Waals surface area (Å²) in [5.41, 5.74) is 0.597. The van der Waals surface area contributed by atoms with Gasteiger partial charge in [0.05, 0.1) is 11.4 Å². The van der Waals surface area contributed by atoms with Crippen LogP contribution >= 0.6 is 23.2 Å². The van der Waals surface area contributed by atoms with Gasteiger partial charge in [0.1, 0.15) is 23.2 Å². The monoisotopic (exact) mass is 503 g/mol. The van der Waals surface area contributed by atoms with Crippen LogP contribution in [0.5, 0.6) is 0 Å². The normalized spacial score (nSPS) is 11.9. The molecule has 3 rings (SSSR count). The van der Waals surface area contributed by atoms with E-state index in [1.807, 2.05) is 0 Å². The number of nitrogens with zero attached hydrogens (tertiary/aromatic N) is 2. The highest BCUT2D eigenvalue weighted by Gasteiger charge is 2.26. The predicted molar refractivity (Wildman–Crippen MR) is 126 cm³/mol. The van der Waals surface area contributed by atoms with Crippen LogP contribution in [0.4, 0.5) is 0 Å². The van der Waals surface area contributed by atoms with Crippen LogP contribution in [-0.2, 0) is 27.9 Å². The van der Waals surface area contributed by atoms with E-state index in [1.54, 1.807) is 42.5 Å². The molecule has 1 heterocycles. The lowest BCUT2D eigenvalue weighted by atomic mass is 10.2. The zero-order valence-corrected chi connectivity index (χ0v) is 19.8. The van der Waals surface area contributed by atoms with Gasteiger partial charge >= 0.3 is 0 Å². The molecule has 10 heteroatoms. The lowest BCUT2D eigenvalue weighted by molar-refractivity contribution is -0.116. The third kappa shape index (κ3) is 6.24. The van der Waals surface area contributed by atoms with Crippen LogP contribution < -0.4 is 5.32 Å². The standard InChI is InChI=1S/C23H19Cl2N3O4S/c1-27-23(29)17(13-26)12-20-8-9-21(32-20)15-28(14-16-2-4-18(24)5-3-16)33(30,31)22-10-6-19(25)7-11-22/h2-12H,14-15H2,1H3,(H,27,29)/b17-12-. The van der Waals surface area contributed by atoms with Crippen LogP contribution in [-0.4, -0.2) is 25.7 Å². The Morgan fingerprint density at radius 2 is 1.64 bits per heavy atom. The summed E-state index contributed by atoms with van der Waals surface area (Å²) in [5, 5.41) is 12.5. The maximum Gasteiger partial charge on any atom is 0.261 e. The van der Waals surface area contributed by atoms with E-state index in [0.29, 0.717) is 15.8 Å². The van der Waals surface area contributed by atoms with Crippen LogP contribution in [0.25, 0.3) is 6.08 Å². The van der Waals surface area contributed by atoms with Gasteiger partial charge in [-0.15, -0.1) is 0 Å². The minimum absolute atomic E-state index is 0.0652. The molecule has 33 heavy (non-hydrogen) atoms. The van der Waals surface area contributed by atoms with Gasteiger partial charge in [0.2, 0.25) is 10.0 Å². The van der Waals surface area contributed by atoms with Crippen molar-refractivity contribution >= 4 is 45.2 Å². The Bertz CT molecular complexity index is 1310. The Hall–Kier alpha value is -3.09. The Balaban J connectivity index is 1.93. The van der Waals surface area contributed by atoms with Crippen LogP contribution in [0, 0.1) is 11.3 Å². The van der Waals surface area contributed by atoms with Gasteiger partial charge in [-0.1, -0.05) is 35.3 Å². The largest absolute Gasteiger partial charge is 0.460 e. The number of benzene rings is 2. The zero-order valence-electron chi connectivity index (χ0n) is 17.5. The van der Waals surface area contributed by atoms with Crippen molar-refractivity contribution in [2.24, 2.45) is 0 Å². The molecule has 0 atom stereocenters. The average Bonchev–Trinajstić information content (AvgIpc) is 3.25. The summed E-state index contributed by atoms with van der Waals surface area (Å²) in [5.74, 6) is 0.0348. The highest BCUT2D eigenvalue weighted by Crippen LogP contribution is 2.24. The Kier molecular flexibility index (Phi) is 7.95. The molecule has 7 nitrogen and oxygen atoms in total. The second-order valence-corrected chi connectivity index (χ2v) is 9.72. The number of nitrogens with one attached hydrogen (secondary N) is 1. The highest BCUT2D eigenvalue weighted by atomic mass is 35.5.